The summed E-state index contributed by atoms with van der Waals surface area (Å²) >= 11 is 1.66. The van der Waals surface area contributed by atoms with Gasteiger partial charge < -0.3 is 30.9 Å². The Balaban J connectivity index is 0. The predicted octanol–water partition coefficient (Wildman–Crippen LogP) is 5.61. The Labute approximate surface area is 334 Å². The van der Waals surface area contributed by atoms with Gasteiger partial charge in [0, 0.05) is 33.5 Å². The Bertz CT molecular complexity index is 1150. The van der Waals surface area contributed by atoms with E-state index in [1.807, 2.05) is 60.4 Å². The minimum absolute atomic E-state index is 0.0105. The molecule has 1 saturated carbocycles. The molecule has 2 aliphatic rings. The lowest BCUT2D eigenvalue weighted by atomic mass is 9.80. The predicted molar refractivity (Wildman–Crippen MR) is 226 cm³/mol. The summed E-state index contributed by atoms with van der Waals surface area (Å²) in [5.74, 6) is -0.128. The normalized spacial score (nSPS) is 18.9. The van der Waals surface area contributed by atoms with Crippen molar-refractivity contribution in [2.24, 2.45) is 5.92 Å². The van der Waals surface area contributed by atoms with Crippen molar-refractivity contribution >= 4 is 58.6 Å². The lowest BCUT2D eigenvalue weighted by Gasteiger charge is -2.36. The van der Waals surface area contributed by atoms with E-state index in [4.69, 9.17) is 0 Å². The van der Waals surface area contributed by atoms with Crippen molar-refractivity contribution in [1.82, 2.24) is 26.2 Å². The van der Waals surface area contributed by atoms with Gasteiger partial charge >= 0.3 is 6.03 Å². The number of rotatable bonds is 20. The third-order valence-corrected chi connectivity index (χ3v) is 12.9. The van der Waals surface area contributed by atoms with E-state index < -0.39 is 40.0 Å². The standard InChI is InChI=1S/C20H40N2O3S2.C15H24N2O3.C3H7NO.C2H6/c1-9-11-12-20(10-2,14-27(25)19(6,7)8)22-18(24)21-17(13-23)16(5)26-15(3)4;1-10(18)14(19)12(9-11-5-3-6-11)16-15(20)13-7-4-8-17(13)2;1-4-2-3-5;1-2/h13,15-17H,9-12,14H2,1-8H3,(H2,21,22,24);11-13H,3-9H2,1-2H3,(H,16,20);3-4H,2H2,1H3;1-2H3. The maximum Gasteiger partial charge on any atom is 0.315 e. The molecule has 0 aromatic carbocycles. The zero-order chi connectivity index (χ0) is 42.1. The molecule has 1 aliphatic heterocycles. The van der Waals surface area contributed by atoms with Gasteiger partial charge in [-0.2, -0.15) is 11.8 Å². The Morgan fingerprint density at radius 3 is 1.96 bits per heavy atom. The zero-order valence-corrected chi connectivity index (χ0v) is 37.6. The number of Topliss-reactive ketones (excluding diaryl/α,β-unsaturated/α-hetero) is 2. The van der Waals surface area contributed by atoms with E-state index in [1.165, 1.54) is 13.3 Å². The summed E-state index contributed by atoms with van der Waals surface area (Å²) in [4.78, 5) is 71.1. The van der Waals surface area contributed by atoms with Gasteiger partial charge in [-0.25, -0.2) is 4.79 Å². The highest BCUT2D eigenvalue weighted by Gasteiger charge is 2.36. The number of nitrogens with one attached hydrogen (secondary N) is 4. The number of likely N-dealkylation sites (tertiary alicyclic amines) is 1. The van der Waals surface area contributed by atoms with E-state index >= 15 is 0 Å². The Hall–Kier alpha value is -2.16. The van der Waals surface area contributed by atoms with Gasteiger partial charge in [0.15, 0.2) is 5.78 Å². The molecular weight excluding hydrogens is 727 g/mol. The first-order chi connectivity index (χ1) is 25.3. The Kier molecular flexibility index (Phi) is 29.1. The van der Waals surface area contributed by atoms with Crippen LogP contribution < -0.4 is 21.3 Å². The number of carbonyl (C=O) groups excluding carboxylic acids is 6. The first-order valence-electron chi connectivity index (χ1n) is 20.0. The molecule has 0 spiro atoms. The second-order valence-corrected chi connectivity index (χ2v) is 19.5. The van der Waals surface area contributed by atoms with E-state index in [2.05, 4.69) is 42.0 Å². The number of thioether (sulfide) groups is 1. The summed E-state index contributed by atoms with van der Waals surface area (Å²) in [6, 6.07) is -1.68. The molecule has 0 aromatic rings. The summed E-state index contributed by atoms with van der Waals surface area (Å²) in [6.07, 6.45) is 10.9. The number of hydrogen-bond acceptors (Lipinski definition) is 10. The van der Waals surface area contributed by atoms with Crippen LogP contribution in [0.2, 0.25) is 0 Å². The maximum atomic E-state index is 12.8. The van der Waals surface area contributed by atoms with Crippen LogP contribution in [-0.2, 0) is 34.8 Å². The molecule has 1 heterocycles. The molecule has 316 valence electrons. The second kappa shape index (κ2) is 29.1. The minimum Gasteiger partial charge on any atom is -0.344 e. The largest absolute Gasteiger partial charge is 0.344 e. The lowest BCUT2D eigenvalue weighted by Crippen LogP contribution is -2.58. The molecule has 2 fully saturated rings. The molecule has 0 radical (unpaired) electrons. The van der Waals surface area contributed by atoms with Crippen molar-refractivity contribution in [2.45, 2.75) is 179 Å². The highest BCUT2D eigenvalue weighted by atomic mass is 32.2. The van der Waals surface area contributed by atoms with Crippen molar-refractivity contribution < 1.29 is 33.0 Å². The van der Waals surface area contributed by atoms with Crippen LogP contribution in [0.5, 0.6) is 0 Å². The highest BCUT2D eigenvalue weighted by molar-refractivity contribution is 8.00. The van der Waals surface area contributed by atoms with Gasteiger partial charge in [-0.15, -0.1) is 0 Å². The van der Waals surface area contributed by atoms with Gasteiger partial charge in [0.25, 0.3) is 0 Å². The number of unbranched alkanes of at least 4 members (excludes halogenated alkanes) is 1. The van der Waals surface area contributed by atoms with Crippen LogP contribution in [0.1, 0.15) is 140 Å². The second-order valence-electron chi connectivity index (χ2n) is 15.4. The zero-order valence-electron chi connectivity index (χ0n) is 35.9. The molecule has 6 unspecified atom stereocenters. The number of hydrogen-bond donors (Lipinski definition) is 4. The Morgan fingerprint density at radius 1 is 0.981 bits per heavy atom. The first kappa shape index (κ1) is 53.9. The number of amides is 3. The molecule has 6 atom stereocenters. The summed E-state index contributed by atoms with van der Waals surface area (Å²) < 4.78 is 12.4. The van der Waals surface area contributed by atoms with Crippen LogP contribution in [-0.4, -0.2) is 117 Å². The average molecular weight is 804 g/mol. The van der Waals surface area contributed by atoms with Crippen molar-refractivity contribution in [3.8, 4) is 0 Å². The molecule has 1 saturated heterocycles. The fourth-order valence-electron chi connectivity index (χ4n) is 5.86. The number of ketones is 2. The molecule has 14 heteroatoms. The quantitative estimate of drug-likeness (QED) is 0.0896. The molecule has 3 amide bonds. The molecule has 54 heavy (non-hydrogen) atoms. The minimum atomic E-state index is -1.07. The van der Waals surface area contributed by atoms with Gasteiger partial charge in [0.2, 0.25) is 11.7 Å². The highest BCUT2D eigenvalue weighted by Crippen LogP contribution is 2.31. The van der Waals surface area contributed by atoms with Crippen molar-refractivity contribution in [3.63, 3.8) is 0 Å². The van der Waals surface area contributed by atoms with E-state index in [9.17, 15) is 33.0 Å². The number of carbonyl (C=O) groups is 6. The topological polar surface area (TPSA) is 171 Å². The summed E-state index contributed by atoms with van der Waals surface area (Å²) in [5.41, 5.74) is -0.528. The number of aldehydes is 2. The van der Waals surface area contributed by atoms with E-state index in [-0.39, 0.29) is 28.0 Å². The van der Waals surface area contributed by atoms with Gasteiger partial charge in [-0.3, -0.25) is 23.5 Å². The van der Waals surface area contributed by atoms with Crippen LogP contribution in [0.25, 0.3) is 0 Å². The van der Waals surface area contributed by atoms with Crippen LogP contribution in [0, 0.1) is 5.92 Å². The van der Waals surface area contributed by atoms with Crippen LogP contribution in [0.3, 0.4) is 0 Å². The Morgan fingerprint density at radius 2 is 1.59 bits per heavy atom. The average Bonchev–Trinajstić information content (AvgIpc) is 3.53. The number of likely N-dealkylation sites (N-methyl/N-ethyl adjacent to an activating group) is 2. The van der Waals surface area contributed by atoms with Gasteiger partial charge in [-0.05, 0) is 84.7 Å². The SMILES string of the molecule is CC.CC(=O)C(=O)C(CC1CCC1)NC(=O)C1CCCN1C.CCCCC(CC)(CS(=O)C(C)(C)C)NC(=O)NC(C=O)C(C)SC(C)C.CNCC=O. The van der Waals surface area contributed by atoms with Gasteiger partial charge in [-0.1, -0.05) is 80.6 Å². The molecule has 0 bridgehead atoms. The molecule has 1 aliphatic carbocycles. The van der Waals surface area contributed by atoms with Crippen LogP contribution in [0.4, 0.5) is 4.79 Å². The lowest BCUT2D eigenvalue weighted by molar-refractivity contribution is -0.138. The van der Waals surface area contributed by atoms with Crippen LogP contribution >= 0.6 is 11.8 Å². The summed E-state index contributed by atoms with van der Waals surface area (Å²) in [6.45, 7) is 22.7. The monoisotopic (exact) mass is 804 g/mol. The summed E-state index contributed by atoms with van der Waals surface area (Å²) in [7, 11) is 2.58. The van der Waals surface area contributed by atoms with E-state index in [0.717, 1.165) is 64.1 Å². The molecule has 0 aromatic heterocycles. The molecule has 4 N–H and O–H groups in total. The van der Waals surface area contributed by atoms with Gasteiger partial charge in [0.05, 0.1) is 30.2 Å². The fraction of sp³-hybridized carbons (Fsp3) is 0.850. The molecular formula is C40H77N5O7S2. The van der Waals surface area contributed by atoms with Gasteiger partial charge in [0.1, 0.15) is 12.6 Å². The van der Waals surface area contributed by atoms with Crippen molar-refractivity contribution in [2.75, 3.05) is 32.9 Å². The fourth-order valence-corrected chi connectivity index (χ4v) is 8.37. The van der Waals surface area contributed by atoms with E-state index in [0.29, 0.717) is 36.3 Å². The third-order valence-electron chi connectivity index (χ3n) is 9.48. The smallest absolute Gasteiger partial charge is 0.315 e. The summed E-state index contributed by atoms with van der Waals surface area (Å²) in [5, 5.41) is 11.7. The molecule has 2 rings (SSSR count). The van der Waals surface area contributed by atoms with Crippen molar-refractivity contribution in [3.05, 3.63) is 0 Å². The van der Waals surface area contributed by atoms with Crippen molar-refractivity contribution in [1.29, 1.82) is 0 Å². The molecule has 12 nitrogen and oxygen atoms in total. The first-order valence-corrected chi connectivity index (χ1v) is 22.3. The number of urea groups is 1. The van der Waals surface area contributed by atoms with Crippen LogP contribution in [0.15, 0.2) is 0 Å². The number of nitrogens with zero attached hydrogens (tertiary/aromatic N) is 1. The third kappa shape index (κ3) is 21.8. The van der Waals surface area contributed by atoms with E-state index in [1.54, 1.807) is 18.8 Å². The maximum absolute atomic E-state index is 12.8.